The number of carbonyl (C=O) groups excluding carboxylic acids is 3. The predicted molar refractivity (Wildman–Crippen MR) is 112 cm³/mol. The van der Waals surface area contributed by atoms with Crippen molar-refractivity contribution in [3.05, 3.63) is 27.2 Å². The van der Waals surface area contributed by atoms with Crippen LogP contribution in [0, 0.1) is 5.92 Å². The van der Waals surface area contributed by atoms with Crippen molar-refractivity contribution >= 4 is 58.5 Å². The molecule has 0 saturated carbocycles. The Bertz CT molecular complexity index is 795. The smallest absolute Gasteiger partial charge is 0.410 e. The molecule has 1 unspecified atom stereocenters. The van der Waals surface area contributed by atoms with Crippen LogP contribution in [-0.4, -0.2) is 48.2 Å². The SMILES string of the molecule is CC(C)(C)OC(=O)N1CCCC(C(=O)OCC(=O)Nc2cc(Cl)c(Cl)cc2Cl)C1. The molecule has 2 amide bonds. The van der Waals surface area contributed by atoms with Gasteiger partial charge in [0.25, 0.3) is 5.91 Å². The third-order valence-electron chi connectivity index (χ3n) is 4.04. The third kappa shape index (κ3) is 7.24. The molecule has 0 bridgehead atoms. The Labute approximate surface area is 184 Å². The largest absolute Gasteiger partial charge is 0.455 e. The molecule has 1 aliphatic heterocycles. The number of carbonyl (C=O) groups is 3. The maximum absolute atomic E-state index is 12.3. The summed E-state index contributed by atoms with van der Waals surface area (Å²) in [6, 6.07) is 2.81. The number of piperidine rings is 1. The molecule has 160 valence electrons. The van der Waals surface area contributed by atoms with Gasteiger partial charge >= 0.3 is 12.1 Å². The molecular weight excluding hydrogens is 443 g/mol. The molecule has 1 aromatic carbocycles. The Hall–Kier alpha value is -1.70. The molecule has 1 fully saturated rings. The summed E-state index contributed by atoms with van der Waals surface area (Å²) >= 11 is 17.8. The zero-order chi connectivity index (χ0) is 21.8. The minimum absolute atomic E-state index is 0.188. The zero-order valence-corrected chi connectivity index (χ0v) is 18.7. The Morgan fingerprint density at radius 2 is 1.79 bits per heavy atom. The normalized spacial score (nSPS) is 16.9. The first-order chi connectivity index (χ1) is 13.5. The van der Waals surface area contributed by atoms with Gasteiger partial charge in [0.15, 0.2) is 6.61 Å². The van der Waals surface area contributed by atoms with Crippen molar-refractivity contribution in [1.82, 2.24) is 4.90 Å². The topological polar surface area (TPSA) is 84.9 Å². The predicted octanol–water partition coefficient (Wildman–Crippen LogP) is 4.78. The Morgan fingerprint density at radius 3 is 2.45 bits per heavy atom. The number of ether oxygens (including phenoxy) is 2. The van der Waals surface area contributed by atoms with Crippen molar-refractivity contribution < 1.29 is 23.9 Å². The molecule has 2 rings (SSSR count). The number of benzene rings is 1. The number of amides is 2. The highest BCUT2D eigenvalue weighted by molar-refractivity contribution is 6.44. The van der Waals surface area contributed by atoms with E-state index in [0.717, 1.165) is 0 Å². The van der Waals surface area contributed by atoms with E-state index in [0.29, 0.717) is 19.4 Å². The summed E-state index contributed by atoms with van der Waals surface area (Å²) in [7, 11) is 0. The van der Waals surface area contributed by atoms with Gasteiger partial charge in [0.05, 0.1) is 26.7 Å². The van der Waals surface area contributed by atoms with E-state index in [1.807, 2.05) is 0 Å². The van der Waals surface area contributed by atoms with E-state index in [1.54, 1.807) is 20.8 Å². The molecule has 1 atom stereocenters. The van der Waals surface area contributed by atoms with Crippen LogP contribution in [0.2, 0.25) is 15.1 Å². The molecule has 10 heteroatoms. The lowest BCUT2D eigenvalue weighted by Gasteiger charge is -2.33. The maximum Gasteiger partial charge on any atom is 0.410 e. The number of hydrogen-bond donors (Lipinski definition) is 1. The van der Waals surface area contributed by atoms with Crippen LogP contribution in [0.3, 0.4) is 0 Å². The number of nitrogens with zero attached hydrogens (tertiary/aromatic N) is 1. The van der Waals surface area contributed by atoms with E-state index in [1.165, 1.54) is 17.0 Å². The molecule has 0 aromatic heterocycles. The summed E-state index contributed by atoms with van der Waals surface area (Å²) in [5, 5.41) is 3.21. The molecule has 1 heterocycles. The second-order valence-electron chi connectivity index (χ2n) is 7.67. The van der Waals surface area contributed by atoms with E-state index in [4.69, 9.17) is 44.3 Å². The van der Waals surface area contributed by atoms with Crippen molar-refractivity contribution in [1.29, 1.82) is 0 Å². The first kappa shape index (κ1) is 23.6. The minimum Gasteiger partial charge on any atom is -0.455 e. The van der Waals surface area contributed by atoms with Crippen LogP contribution in [0.15, 0.2) is 12.1 Å². The van der Waals surface area contributed by atoms with E-state index < -0.39 is 36.1 Å². The number of anilines is 1. The van der Waals surface area contributed by atoms with Gasteiger partial charge < -0.3 is 19.7 Å². The lowest BCUT2D eigenvalue weighted by Crippen LogP contribution is -2.45. The summed E-state index contributed by atoms with van der Waals surface area (Å²) in [5.74, 6) is -1.63. The quantitative estimate of drug-likeness (QED) is 0.511. The van der Waals surface area contributed by atoms with Gasteiger partial charge in [-0.1, -0.05) is 34.8 Å². The van der Waals surface area contributed by atoms with E-state index >= 15 is 0 Å². The van der Waals surface area contributed by atoms with Crippen molar-refractivity contribution in [3.63, 3.8) is 0 Å². The minimum atomic E-state index is -0.617. The molecule has 29 heavy (non-hydrogen) atoms. The number of halogens is 3. The van der Waals surface area contributed by atoms with Crippen molar-refractivity contribution in [2.75, 3.05) is 25.0 Å². The lowest BCUT2D eigenvalue weighted by molar-refractivity contribution is -0.153. The van der Waals surface area contributed by atoms with Crippen molar-refractivity contribution in [2.24, 2.45) is 5.92 Å². The first-order valence-electron chi connectivity index (χ1n) is 9.05. The third-order valence-corrected chi connectivity index (χ3v) is 5.07. The second kappa shape index (κ2) is 9.87. The first-order valence-corrected chi connectivity index (χ1v) is 10.2. The molecule has 0 aliphatic carbocycles. The summed E-state index contributed by atoms with van der Waals surface area (Å²) < 4.78 is 10.4. The van der Waals surface area contributed by atoms with Crippen LogP contribution in [0.5, 0.6) is 0 Å². The Morgan fingerprint density at radius 1 is 1.14 bits per heavy atom. The number of nitrogens with one attached hydrogen (secondary N) is 1. The van der Waals surface area contributed by atoms with Crippen LogP contribution in [0.25, 0.3) is 0 Å². The molecule has 0 radical (unpaired) electrons. The highest BCUT2D eigenvalue weighted by atomic mass is 35.5. The highest BCUT2D eigenvalue weighted by Crippen LogP contribution is 2.32. The summed E-state index contributed by atoms with van der Waals surface area (Å²) in [4.78, 5) is 38.1. The fourth-order valence-electron chi connectivity index (χ4n) is 2.72. The number of likely N-dealkylation sites (tertiary alicyclic amines) is 1. The van der Waals surface area contributed by atoms with Crippen LogP contribution in [0.4, 0.5) is 10.5 Å². The molecule has 0 spiro atoms. The fraction of sp³-hybridized carbons (Fsp3) is 0.526. The van der Waals surface area contributed by atoms with E-state index in [9.17, 15) is 14.4 Å². The van der Waals surface area contributed by atoms with E-state index in [-0.39, 0.29) is 27.3 Å². The van der Waals surface area contributed by atoms with Gasteiger partial charge in [-0.15, -0.1) is 0 Å². The molecular formula is C19H23Cl3N2O5. The average Bonchev–Trinajstić information content (AvgIpc) is 2.63. The molecule has 1 aromatic rings. The van der Waals surface area contributed by atoms with Gasteiger partial charge in [-0.2, -0.15) is 0 Å². The highest BCUT2D eigenvalue weighted by Gasteiger charge is 2.32. The molecule has 1 saturated heterocycles. The summed E-state index contributed by atoms with van der Waals surface area (Å²) in [5.41, 5.74) is -0.357. The van der Waals surface area contributed by atoms with E-state index in [2.05, 4.69) is 5.32 Å². The molecule has 7 nitrogen and oxygen atoms in total. The van der Waals surface area contributed by atoms with Crippen LogP contribution < -0.4 is 5.32 Å². The Kier molecular flexibility index (Phi) is 8.02. The van der Waals surface area contributed by atoms with Crippen LogP contribution >= 0.6 is 34.8 Å². The van der Waals surface area contributed by atoms with Gasteiger partial charge in [-0.05, 0) is 45.7 Å². The number of esters is 1. The van der Waals surface area contributed by atoms with Crippen molar-refractivity contribution in [2.45, 2.75) is 39.2 Å². The molecule has 1 aliphatic rings. The van der Waals surface area contributed by atoms with Gasteiger partial charge in [0.1, 0.15) is 5.60 Å². The van der Waals surface area contributed by atoms with Crippen LogP contribution in [0.1, 0.15) is 33.6 Å². The Balaban J connectivity index is 1.86. The van der Waals surface area contributed by atoms with Gasteiger partial charge in [-0.3, -0.25) is 9.59 Å². The fourth-order valence-corrected chi connectivity index (χ4v) is 3.32. The average molecular weight is 466 g/mol. The van der Waals surface area contributed by atoms with Crippen LogP contribution in [-0.2, 0) is 19.1 Å². The van der Waals surface area contributed by atoms with Gasteiger partial charge in [-0.25, -0.2) is 4.79 Å². The monoisotopic (exact) mass is 464 g/mol. The number of hydrogen-bond acceptors (Lipinski definition) is 5. The summed E-state index contributed by atoms with van der Waals surface area (Å²) in [6.07, 6.45) is 0.740. The summed E-state index contributed by atoms with van der Waals surface area (Å²) in [6.45, 7) is 5.54. The van der Waals surface area contributed by atoms with Gasteiger partial charge in [0.2, 0.25) is 0 Å². The zero-order valence-electron chi connectivity index (χ0n) is 16.4. The second-order valence-corrected chi connectivity index (χ2v) is 8.89. The maximum atomic E-state index is 12.3. The van der Waals surface area contributed by atoms with Crippen molar-refractivity contribution in [3.8, 4) is 0 Å². The lowest BCUT2D eigenvalue weighted by atomic mass is 9.98. The van der Waals surface area contributed by atoms with Gasteiger partial charge in [0, 0.05) is 13.1 Å². The molecule has 1 N–H and O–H groups in total. The standard InChI is InChI=1S/C19H23Cl3N2O5/c1-19(2,3)29-18(27)24-6-4-5-11(9-24)17(26)28-10-16(25)23-15-8-13(21)12(20)7-14(15)22/h7-8,11H,4-6,9-10H2,1-3H3,(H,23,25). The number of rotatable bonds is 4.